The van der Waals surface area contributed by atoms with Gasteiger partial charge in [-0.3, -0.25) is 0 Å². The fourth-order valence-electron chi connectivity index (χ4n) is 2.50. The van der Waals surface area contributed by atoms with E-state index in [-0.39, 0.29) is 5.88 Å². The van der Waals surface area contributed by atoms with E-state index in [1.165, 1.54) is 6.39 Å². The molecule has 0 fully saturated rings. The molecule has 2 aromatic carbocycles. The van der Waals surface area contributed by atoms with Crippen LogP contribution in [0, 0.1) is 6.92 Å². The number of aromatic nitrogens is 2. The Bertz CT molecular complexity index is 1020. The fraction of sp³-hybridized carbons (Fsp3) is 0.0556. The Hall–Kier alpha value is -3.41. The van der Waals surface area contributed by atoms with Crippen LogP contribution in [0.2, 0.25) is 0 Å². The lowest BCUT2D eigenvalue weighted by atomic mass is 10.1. The van der Waals surface area contributed by atoms with Crippen LogP contribution in [0.5, 0.6) is 5.88 Å². The van der Waals surface area contributed by atoms with Crippen LogP contribution in [0.3, 0.4) is 0 Å². The highest BCUT2D eigenvalue weighted by Crippen LogP contribution is 2.38. The molecule has 0 saturated carbocycles. The minimum atomic E-state index is -0.0180. The van der Waals surface area contributed by atoms with E-state index in [9.17, 15) is 5.11 Å². The predicted molar refractivity (Wildman–Crippen MR) is 90.8 cm³/mol. The van der Waals surface area contributed by atoms with Crippen molar-refractivity contribution >= 4 is 22.3 Å². The molecule has 2 aromatic heterocycles. The Morgan fingerprint density at radius 2 is 1.92 bits per heavy atom. The zero-order valence-electron chi connectivity index (χ0n) is 12.9. The molecule has 0 saturated heterocycles. The first-order valence-corrected chi connectivity index (χ1v) is 7.43. The van der Waals surface area contributed by atoms with Gasteiger partial charge in [0.15, 0.2) is 17.8 Å². The molecule has 2 heterocycles. The molecule has 0 aliphatic rings. The zero-order valence-corrected chi connectivity index (χ0v) is 12.9. The van der Waals surface area contributed by atoms with Gasteiger partial charge in [0, 0.05) is 10.9 Å². The number of nitrogens with zero attached hydrogens (tertiary/aromatic N) is 3. The SMILES string of the molecule is Cc1ccc(N=Nc2c(O)[nH]c3ccc(-c4cnco4)cc23)cc1. The minimum absolute atomic E-state index is 0.0180. The molecule has 6 nitrogen and oxygen atoms in total. The molecule has 0 aliphatic carbocycles. The summed E-state index contributed by atoms with van der Waals surface area (Å²) in [6, 6.07) is 13.3. The zero-order chi connectivity index (χ0) is 16.5. The predicted octanol–water partition coefficient (Wildman–Crippen LogP) is 5.25. The smallest absolute Gasteiger partial charge is 0.218 e. The number of azo groups is 1. The number of hydrogen-bond acceptors (Lipinski definition) is 5. The van der Waals surface area contributed by atoms with Crippen molar-refractivity contribution in [2.45, 2.75) is 6.92 Å². The van der Waals surface area contributed by atoms with Gasteiger partial charge in [-0.2, -0.15) is 5.11 Å². The number of nitrogens with one attached hydrogen (secondary N) is 1. The molecule has 0 radical (unpaired) electrons. The number of hydrogen-bond donors (Lipinski definition) is 2. The van der Waals surface area contributed by atoms with Crippen molar-refractivity contribution in [3.63, 3.8) is 0 Å². The van der Waals surface area contributed by atoms with Gasteiger partial charge in [-0.1, -0.05) is 17.7 Å². The number of benzene rings is 2. The van der Waals surface area contributed by atoms with E-state index in [0.717, 1.165) is 27.7 Å². The monoisotopic (exact) mass is 318 g/mol. The lowest BCUT2D eigenvalue weighted by Gasteiger charge is -1.97. The van der Waals surface area contributed by atoms with Crippen LogP contribution in [0.1, 0.15) is 5.56 Å². The summed E-state index contributed by atoms with van der Waals surface area (Å²) >= 11 is 0. The average molecular weight is 318 g/mol. The number of aromatic hydroxyl groups is 1. The van der Waals surface area contributed by atoms with Crippen molar-refractivity contribution in [1.82, 2.24) is 9.97 Å². The molecular weight excluding hydrogens is 304 g/mol. The second-order valence-electron chi connectivity index (χ2n) is 5.48. The molecule has 2 N–H and O–H groups in total. The van der Waals surface area contributed by atoms with Gasteiger partial charge in [0.05, 0.1) is 17.4 Å². The Labute approximate surface area is 137 Å². The second kappa shape index (κ2) is 5.66. The van der Waals surface area contributed by atoms with E-state index in [1.54, 1.807) is 6.20 Å². The number of aryl methyl sites for hydroxylation is 1. The molecule has 6 heteroatoms. The van der Waals surface area contributed by atoms with Crippen molar-refractivity contribution in [3.8, 4) is 17.2 Å². The van der Waals surface area contributed by atoms with E-state index in [1.807, 2.05) is 49.4 Å². The largest absolute Gasteiger partial charge is 0.493 e. The van der Waals surface area contributed by atoms with Crippen molar-refractivity contribution in [2.24, 2.45) is 10.2 Å². The molecule has 0 amide bonds. The second-order valence-corrected chi connectivity index (χ2v) is 5.48. The van der Waals surface area contributed by atoms with Gasteiger partial charge >= 0.3 is 0 Å². The van der Waals surface area contributed by atoms with Gasteiger partial charge in [-0.15, -0.1) is 5.11 Å². The van der Waals surface area contributed by atoms with Gasteiger partial charge in [-0.05, 0) is 37.3 Å². The fourth-order valence-corrected chi connectivity index (χ4v) is 2.50. The number of aromatic amines is 1. The van der Waals surface area contributed by atoms with Gasteiger partial charge in [-0.25, -0.2) is 4.98 Å². The number of fused-ring (bicyclic) bond motifs is 1. The van der Waals surface area contributed by atoms with Crippen molar-refractivity contribution < 1.29 is 9.52 Å². The van der Waals surface area contributed by atoms with E-state index >= 15 is 0 Å². The normalized spacial score (nSPS) is 11.5. The Kier molecular flexibility index (Phi) is 3.35. The summed E-state index contributed by atoms with van der Waals surface area (Å²) in [4.78, 5) is 6.82. The van der Waals surface area contributed by atoms with E-state index < -0.39 is 0 Å². The molecule has 24 heavy (non-hydrogen) atoms. The maximum atomic E-state index is 10.1. The summed E-state index contributed by atoms with van der Waals surface area (Å²) in [5, 5.41) is 19.3. The van der Waals surface area contributed by atoms with Crippen LogP contribution in [0.4, 0.5) is 11.4 Å². The number of oxazole rings is 1. The minimum Gasteiger partial charge on any atom is -0.493 e. The first-order valence-electron chi connectivity index (χ1n) is 7.43. The van der Waals surface area contributed by atoms with E-state index in [0.29, 0.717) is 11.4 Å². The van der Waals surface area contributed by atoms with Gasteiger partial charge in [0.1, 0.15) is 0 Å². The lowest BCUT2D eigenvalue weighted by molar-refractivity contribution is 0.459. The van der Waals surface area contributed by atoms with Crippen molar-refractivity contribution in [2.75, 3.05) is 0 Å². The third-order valence-electron chi connectivity index (χ3n) is 3.77. The Balaban J connectivity index is 1.77. The van der Waals surface area contributed by atoms with E-state index in [2.05, 4.69) is 20.2 Å². The number of H-pyrrole nitrogens is 1. The topological polar surface area (TPSA) is 86.8 Å². The Morgan fingerprint density at radius 3 is 2.67 bits per heavy atom. The van der Waals surface area contributed by atoms with Gasteiger partial charge in [0.25, 0.3) is 0 Å². The first kappa shape index (κ1) is 14.2. The molecular formula is C18H14N4O2. The third kappa shape index (κ3) is 2.54. The van der Waals surface area contributed by atoms with Crippen LogP contribution in [0.25, 0.3) is 22.2 Å². The first-order chi connectivity index (χ1) is 11.7. The molecule has 0 spiro atoms. The highest BCUT2D eigenvalue weighted by molar-refractivity contribution is 5.96. The van der Waals surface area contributed by atoms with Crippen molar-refractivity contribution in [3.05, 3.63) is 60.6 Å². The average Bonchev–Trinajstić information content (AvgIpc) is 3.21. The van der Waals surface area contributed by atoms with E-state index in [4.69, 9.17) is 4.42 Å². The van der Waals surface area contributed by atoms with Crippen LogP contribution < -0.4 is 0 Å². The summed E-state index contributed by atoms with van der Waals surface area (Å²) in [5.74, 6) is 0.634. The van der Waals surface area contributed by atoms with Crippen LogP contribution >= 0.6 is 0 Å². The molecule has 0 aliphatic heterocycles. The van der Waals surface area contributed by atoms with Gasteiger partial charge < -0.3 is 14.5 Å². The highest BCUT2D eigenvalue weighted by atomic mass is 16.3. The maximum Gasteiger partial charge on any atom is 0.218 e. The molecule has 4 aromatic rings. The lowest BCUT2D eigenvalue weighted by Crippen LogP contribution is -1.74. The summed E-state index contributed by atoms with van der Waals surface area (Å²) in [6.45, 7) is 2.01. The summed E-state index contributed by atoms with van der Waals surface area (Å²) < 4.78 is 5.32. The molecule has 118 valence electrons. The molecule has 4 rings (SSSR count). The summed E-state index contributed by atoms with van der Waals surface area (Å²) in [7, 11) is 0. The molecule has 0 atom stereocenters. The summed E-state index contributed by atoms with van der Waals surface area (Å²) in [6.07, 6.45) is 3.02. The number of rotatable bonds is 3. The standard InChI is InChI=1S/C18H14N4O2/c1-11-2-5-13(6-3-11)21-22-17-14-8-12(16-9-19-10-24-16)4-7-15(14)20-18(17)23/h2-10,20,23H,1H3. The third-order valence-corrected chi connectivity index (χ3v) is 3.77. The molecule has 0 unspecified atom stereocenters. The highest BCUT2D eigenvalue weighted by Gasteiger charge is 2.12. The van der Waals surface area contributed by atoms with Crippen LogP contribution in [-0.2, 0) is 0 Å². The Morgan fingerprint density at radius 1 is 1.08 bits per heavy atom. The summed E-state index contributed by atoms with van der Waals surface area (Å²) in [5.41, 5.74) is 3.90. The van der Waals surface area contributed by atoms with Crippen LogP contribution in [-0.4, -0.2) is 15.1 Å². The molecule has 0 bridgehead atoms. The quantitative estimate of drug-likeness (QED) is 0.505. The maximum absolute atomic E-state index is 10.1. The van der Waals surface area contributed by atoms with Crippen molar-refractivity contribution in [1.29, 1.82) is 0 Å². The van der Waals surface area contributed by atoms with Gasteiger partial charge in [0.2, 0.25) is 5.88 Å². The van der Waals surface area contributed by atoms with Crippen LogP contribution in [0.15, 0.2) is 69.7 Å².